The largest absolute Gasteiger partial charge is 0.481 e. The third kappa shape index (κ3) is 2.43. The average molecular weight is 264 g/mol. The van der Waals surface area contributed by atoms with E-state index >= 15 is 0 Å². The van der Waals surface area contributed by atoms with Gasteiger partial charge in [0.25, 0.3) is 0 Å². The molecule has 92 valence electrons. The lowest BCUT2D eigenvalue weighted by atomic mass is 10.0. The molecule has 0 saturated heterocycles. The molecule has 2 rings (SSSR count). The summed E-state index contributed by atoms with van der Waals surface area (Å²) in [4.78, 5) is 15.0. The first-order valence-electron chi connectivity index (χ1n) is 5.15. The van der Waals surface area contributed by atoms with Crippen molar-refractivity contribution in [2.24, 2.45) is 0 Å². The number of pyridine rings is 1. The van der Waals surface area contributed by atoms with E-state index in [1.807, 2.05) is 0 Å². The van der Waals surface area contributed by atoms with Gasteiger partial charge >= 0.3 is 5.97 Å². The van der Waals surface area contributed by atoms with Crippen molar-refractivity contribution in [2.45, 2.75) is 0 Å². The molecule has 0 atom stereocenters. The van der Waals surface area contributed by atoms with Crippen molar-refractivity contribution in [2.75, 3.05) is 7.11 Å². The van der Waals surface area contributed by atoms with Crippen molar-refractivity contribution in [3.63, 3.8) is 0 Å². The highest BCUT2D eigenvalue weighted by Gasteiger charge is 2.09. The number of carboxylic acids is 1. The van der Waals surface area contributed by atoms with Crippen molar-refractivity contribution in [1.82, 2.24) is 4.98 Å². The standard InChI is InChI=1S/C13H10ClNO3/c1-18-12-5-3-9(7-15-12)10-6-8(13(16)17)2-4-11(10)14/h2-7H,1H3,(H,16,17). The molecule has 0 aliphatic heterocycles. The van der Waals surface area contributed by atoms with E-state index in [2.05, 4.69) is 4.98 Å². The van der Waals surface area contributed by atoms with Crippen LogP contribution in [0.4, 0.5) is 0 Å². The summed E-state index contributed by atoms with van der Waals surface area (Å²) in [6.45, 7) is 0. The van der Waals surface area contributed by atoms with Crippen LogP contribution in [0, 0.1) is 0 Å². The van der Waals surface area contributed by atoms with Crippen LogP contribution < -0.4 is 4.74 Å². The maximum absolute atomic E-state index is 10.9. The Kier molecular flexibility index (Phi) is 3.48. The molecule has 1 aromatic heterocycles. The molecule has 0 unspecified atom stereocenters. The summed E-state index contributed by atoms with van der Waals surface area (Å²) >= 11 is 6.06. The lowest BCUT2D eigenvalue weighted by Crippen LogP contribution is -1.96. The van der Waals surface area contributed by atoms with Gasteiger partial charge in [-0.25, -0.2) is 9.78 Å². The number of carbonyl (C=O) groups is 1. The van der Waals surface area contributed by atoms with Crippen LogP contribution in [-0.2, 0) is 0 Å². The topological polar surface area (TPSA) is 59.4 Å². The summed E-state index contributed by atoms with van der Waals surface area (Å²) < 4.78 is 4.96. The molecule has 0 aliphatic rings. The molecule has 0 aliphatic carbocycles. The van der Waals surface area contributed by atoms with Gasteiger partial charge in [0.2, 0.25) is 5.88 Å². The van der Waals surface area contributed by atoms with Gasteiger partial charge in [0.15, 0.2) is 0 Å². The van der Waals surface area contributed by atoms with Gasteiger partial charge in [-0.05, 0) is 24.3 Å². The zero-order valence-corrected chi connectivity index (χ0v) is 10.3. The van der Waals surface area contributed by atoms with Gasteiger partial charge in [0, 0.05) is 28.4 Å². The summed E-state index contributed by atoms with van der Waals surface area (Å²) in [7, 11) is 1.53. The second-order valence-corrected chi connectivity index (χ2v) is 4.00. The van der Waals surface area contributed by atoms with Gasteiger partial charge in [-0.15, -0.1) is 0 Å². The molecule has 0 radical (unpaired) electrons. The lowest BCUT2D eigenvalue weighted by molar-refractivity contribution is 0.0697. The van der Waals surface area contributed by atoms with Crippen LogP contribution >= 0.6 is 11.6 Å². The Morgan fingerprint density at radius 2 is 2.11 bits per heavy atom. The zero-order valence-electron chi connectivity index (χ0n) is 9.55. The minimum Gasteiger partial charge on any atom is -0.481 e. The summed E-state index contributed by atoms with van der Waals surface area (Å²) in [5.41, 5.74) is 1.56. The molecule has 1 aromatic carbocycles. The van der Waals surface area contributed by atoms with Crippen LogP contribution in [-0.4, -0.2) is 23.2 Å². The maximum atomic E-state index is 10.9. The summed E-state index contributed by atoms with van der Waals surface area (Å²) in [6, 6.07) is 8.02. The normalized spacial score (nSPS) is 10.1. The summed E-state index contributed by atoms with van der Waals surface area (Å²) in [6.07, 6.45) is 1.59. The van der Waals surface area contributed by atoms with Crippen LogP contribution in [0.3, 0.4) is 0 Å². The van der Waals surface area contributed by atoms with E-state index in [-0.39, 0.29) is 5.56 Å². The number of nitrogens with zero attached hydrogens (tertiary/aromatic N) is 1. The highest BCUT2D eigenvalue weighted by molar-refractivity contribution is 6.33. The van der Waals surface area contributed by atoms with Gasteiger partial charge in [0.1, 0.15) is 0 Å². The SMILES string of the molecule is COc1ccc(-c2cc(C(=O)O)ccc2Cl)cn1. The average Bonchev–Trinajstić information content (AvgIpc) is 2.39. The minimum atomic E-state index is -0.991. The number of methoxy groups -OCH3 is 1. The monoisotopic (exact) mass is 263 g/mol. The molecule has 0 bridgehead atoms. The van der Waals surface area contributed by atoms with Crippen LogP contribution in [0.5, 0.6) is 5.88 Å². The zero-order chi connectivity index (χ0) is 13.1. The highest BCUT2D eigenvalue weighted by atomic mass is 35.5. The van der Waals surface area contributed by atoms with E-state index in [1.54, 1.807) is 24.4 Å². The van der Waals surface area contributed by atoms with Gasteiger partial charge in [-0.1, -0.05) is 11.6 Å². The maximum Gasteiger partial charge on any atom is 0.335 e. The number of halogens is 1. The molecule has 2 aromatic rings. The van der Waals surface area contributed by atoms with E-state index in [9.17, 15) is 4.79 Å². The van der Waals surface area contributed by atoms with Gasteiger partial charge in [0.05, 0.1) is 12.7 Å². The number of hydrogen-bond donors (Lipinski definition) is 1. The minimum absolute atomic E-state index is 0.185. The third-order valence-corrected chi connectivity index (χ3v) is 2.80. The molecule has 5 heteroatoms. The molecule has 1 N–H and O–H groups in total. The second kappa shape index (κ2) is 5.06. The smallest absolute Gasteiger partial charge is 0.335 e. The van der Waals surface area contributed by atoms with E-state index in [0.717, 1.165) is 5.56 Å². The number of benzene rings is 1. The number of hydrogen-bond acceptors (Lipinski definition) is 3. The second-order valence-electron chi connectivity index (χ2n) is 3.59. The fourth-order valence-corrected chi connectivity index (χ4v) is 1.77. The predicted molar refractivity (Wildman–Crippen MR) is 68.2 cm³/mol. The Morgan fingerprint density at radius 3 is 2.67 bits per heavy atom. The Balaban J connectivity index is 2.48. The number of ether oxygens (including phenoxy) is 1. The molecule has 0 fully saturated rings. The van der Waals surface area contributed by atoms with Crippen LogP contribution in [0.25, 0.3) is 11.1 Å². The number of aromatic carboxylic acids is 1. The van der Waals surface area contributed by atoms with Crippen LogP contribution in [0.15, 0.2) is 36.5 Å². The first-order chi connectivity index (χ1) is 8.61. The molecule has 18 heavy (non-hydrogen) atoms. The molecular weight excluding hydrogens is 254 g/mol. The van der Waals surface area contributed by atoms with Gasteiger partial charge in [-0.3, -0.25) is 0 Å². The number of aromatic nitrogens is 1. The number of rotatable bonds is 3. The summed E-state index contributed by atoms with van der Waals surface area (Å²) in [5.74, 6) is -0.501. The first-order valence-corrected chi connectivity index (χ1v) is 5.53. The highest BCUT2D eigenvalue weighted by Crippen LogP contribution is 2.29. The van der Waals surface area contributed by atoms with E-state index in [0.29, 0.717) is 16.5 Å². The third-order valence-electron chi connectivity index (χ3n) is 2.47. The molecule has 4 nitrogen and oxygen atoms in total. The number of carboxylic acid groups (broad SMARTS) is 1. The fourth-order valence-electron chi connectivity index (χ4n) is 1.54. The molecule has 0 spiro atoms. The Morgan fingerprint density at radius 1 is 1.33 bits per heavy atom. The van der Waals surface area contributed by atoms with Crippen molar-refractivity contribution < 1.29 is 14.6 Å². The van der Waals surface area contributed by atoms with E-state index in [4.69, 9.17) is 21.4 Å². The molecule has 0 saturated carbocycles. The van der Waals surface area contributed by atoms with Crippen molar-refractivity contribution in [3.8, 4) is 17.0 Å². The fraction of sp³-hybridized carbons (Fsp3) is 0.0769. The molecule has 1 heterocycles. The van der Waals surface area contributed by atoms with Crippen molar-refractivity contribution in [1.29, 1.82) is 0 Å². The Bertz CT molecular complexity index is 581. The van der Waals surface area contributed by atoms with E-state index < -0.39 is 5.97 Å². The van der Waals surface area contributed by atoms with Gasteiger partial charge in [-0.2, -0.15) is 0 Å². The molecule has 0 amide bonds. The molecular formula is C13H10ClNO3. The van der Waals surface area contributed by atoms with Crippen LogP contribution in [0.1, 0.15) is 10.4 Å². The first kappa shape index (κ1) is 12.4. The van der Waals surface area contributed by atoms with Gasteiger partial charge < -0.3 is 9.84 Å². The van der Waals surface area contributed by atoms with Crippen molar-refractivity contribution >= 4 is 17.6 Å². The van der Waals surface area contributed by atoms with Crippen molar-refractivity contribution in [3.05, 3.63) is 47.1 Å². The Labute approximate surface area is 109 Å². The van der Waals surface area contributed by atoms with Crippen LogP contribution in [0.2, 0.25) is 5.02 Å². The Hall–Kier alpha value is -2.07. The summed E-state index contributed by atoms with van der Waals surface area (Å²) in [5, 5.41) is 9.43. The van der Waals surface area contributed by atoms with E-state index in [1.165, 1.54) is 19.2 Å². The lowest BCUT2D eigenvalue weighted by Gasteiger charge is -2.06. The quantitative estimate of drug-likeness (QED) is 0.924. The predicted octanol–water partition coefficient (Wildman–Crippen LogP) is 3.11.